The van der Waals surface area contributed by atoms with E-state index in [2.05, 4.69) is 0 Å². The largest absolute Gasteiger partial charge is 2.00 e. The van der Waals surface area contributed by atoms with Crippen molar-refractivity contribution in [3.8, 4) is 0 Å². The zero-order valence-electron chi connectivity index (χ0n) is 22.8. The van der Waals surface area contributed by atoms with Crippen LogP contribution in [0.25, 0.3) is 0 Å². The summed E-state index contributed by atoms with van der Waals surface area (Å²) in [5.74, 6) is 0. The van der Waals surface area contributed by atoms with Crippen LogP contribution in [0.2, 0.25) is 0 Å². The molecule has 0 spiro atoms. The summed E-state index contributed by atoms with van der Waals surface area (Å²) in [6, 6.07) is 0. The molecule has 21 nitrogen and oxygen atoms in total. The third-order valence-corrected chi connectivity index (χ3v) is 0. The first-order valence-corrected chi connectivity index (χ1v) is 3.26. The van der Waals surface area contributed by atoms with Gasteiger partial charge < -0.3 is 95.3 Å². The van der Waals surface area contributed by atoms with Gasteiger partial charge in [-0.15, -0.1) is 0 Å². The van der Waals surface area contributed by atoms with Crippen molar-refractivity contribution in [2.24, 2.45) is 0 Å². The molecule has 0 aromatic rings. The van der Waals surface area contributed by atoms with Crippen molar-refractivity contribution in [3.63, 3.8) is 0 Å². The van der Waals surface area contributed by atoms with E-state index in [0.29, 0.717) is 0 Å². The van der Waals surface area contributed by atoms with Gasteiger partial charge in [0.15, 0.2) is 52.1 Å². The van der Waals surface area contributed by atoms with Gasteiger partial charge in [0.25, 0.3) is 0 Å². The van der Waals surface area contributed by atoms with Gasteiger partial charge >= 0.3 is 138 Å². The van der Waals surface area contributed by atoms with E-state index < -0.39 is 30.8 Å². The standard InChI is InChI=1S/5CH2O3.3Al.Ca.3Mg.6H2O.17H/c5*2-1(3)4;;;;;;;;;;;;;;;;;;;;;;;;;;;;;;/h5*(H2,2,3,4);;;;;;;;6*1H2;;;;;;;;;;;;;;;;;/q;;;;;;;;4*+2;;;;;;;;;;;;;;;;8*-1. The van der Waals surface area contributed by atoms with Crippen LogP contribution in [0.15, 0.2) is 0 Å². The Kier molecular flexibility index (Phi) is 568. The molecule has 0 amide bonds. The van der Waals surface area contributed by atoms with Crippen LogP contribution in [0, 0.1) is 0 Å². The average Bonchev–Trinajstić information content (AvgIpc) is 1.94. The van der Waals surface area contributed by atoms with Crippen LogP contribution >= 0.6 is 0 Å². The van der Waals surface area contributed by atoms with E-state index in [1.807, 2.05) is 0 Å². The first kappa shape index (κ1) is 143. The zero-order valence-corrected chi connectivity index (χ0v) is 21.3. The molecule has 0 aliphatic heterocycles. The minimum Gasteiger partial charge on any atom is -1.00 e. The van der Waals surface area contributed by atoms with Crippen molar-refractivity contribution in [1.29, 1.82) is 0 Å². The van der Waals surface area contributed by atoms with Crippen LogP contribution in [-0.4, -0.2) is 274 Å². The van der Waals surface area contributed by atoms with Gasteiger partial charge in [-0.3, -0.25) is 0 Å². The van der Waals surface area contributed by atoms with Gasteiger partial charge in [-0.1, -0.05) is 0 Å². The number of hydrogen-bond acceptors (Lipinski definition) is 5. The molecule has 202 valence electrons. The minimum absolute atomic E-state index is 0. The minimum atomic E-state index is -1.83. The maximum atomic E-state index is 8.56. The molecule has 0 unspecified atom stereocenters. The van der Waals surface area contributed by atoms with Crippen LogP contribution in [0.5, 0.6) is 0 Å². The number of hydrogen-bond donors (Lipinski definition) is 10. The van der Waals surface area contributed by atoms with E-state index in [4.69, 9.17) is 75.0 Å². The molecule has 33 heavy (non-hydrogen) atoms. The normalized spacial score (nSPS) is 3.64. The van der Waals surface area contributed by atoms with Gasteiger partial charge in [0.05, 0.1) is 0 Å². The Morgan fingerprint density at radius 1 is 0.333 bits per heavy atom. The third-order valence-electron chi connectivity index (χ3n) is 0. The molecule has 0 heterocycles. The van der Waals surface area contributed by atoms with E-state index >= 15 is 0 Å². The molecule has 0 saturated heterocycles. The fourth-order valence-corrected chi connectivity index (χ4v) is 0. The average molecular weight is 629 g/mol. The van der Waals surface area contributed by atoms with E-state index in [1.165, 1.54) is 0 Å². The maximum Gasteiger partial charge on any atom is 2.00 e. The summed E-state index contributed by atoms with van der Waals surface area (Å²) in [4.78, 5) is 42.8. The third kappa shape index (κ3) is 20300. The predicted octanol–water partition coefficient (Wildman–Crippen LogP) is -8.01. The van der Waals surface area contributed by atoms with Crippen LogP contribution < -0.4 is 0 Å². The van der Waals surface area contributed by atoms with Gasteiger partial charge in [0, 0.05) is 0 Å². The van der Waals surface area contributed by atoms with Crippen molar-refractivity contribution in [1.82, 2.24) is 0 Å². The molecule has 0 bridgehead atoms. The van der Waals surface area contributed by atoms with Crippen LogP contribution in [0.3, 0.4) is 0 Å². The Morgan fingerprint density at radius 3 is 0.333 bits per heavy atom. The van der Waals surface area contributed by atoms with Crippen molar-refractivity contribution < 1.29 is 119 Å². The molecule has 0 aromatic heterocycles. The van der Waals surface area contributed by atoms with Gasteiger partial charge in [-0.2, -0.15) is 0 Å². The molecular formula is C5H39Al3CaMg3O21. The Hall–Kier alpha value is 1.27. The molecule has 0 rings (SSSR count). The van der Waals surface area contributed by atoms with Crippen molar-refractivity contribution in [2.45, 2.75) is 0 Å². The summed E-state index contributed by atoms with van der Waals surface area (Å²) in [5, 5.41) is 69.7. The van der Waals surface area contributed by atoms with Crippen molar-refractivity contribution in [2.75, 3.05) is 0 Å². The second-order valence-electron chi connectivity index (χ2n) is 1.41. The Morgan fingerprint density at radius 2 is 0.333 bits per heavy atom. The zero-order chi connectivity index (χ0) is 17.9. The predicted molar refractivity (Wildman–Crippen MR) is 137 cm³/mol. The van der Waals surface area contributed by atoms with E-state index in [0.717, 1.165) is 0 Å². The quantitative estimate of drug-likeness (QED) is 0.111. The van der Waals surface area contributed by atoms with Crippen LogP contribution in [-0.2, 0) is 0 Å². The summed E-state index contributed by atoms with van der Waals surface area (Å²) in [6.07, 6.45) is -9.17. The molecule has 22 N–H and O–H groups in total. The van der Waals surface area contributed by atoms with Crippen molar-refractivity contribution in [3.05, 3.63) is 0 Å². The molecule has 0 aliphatic carbocycles. The van der Waals surface area contributed by atoms with Gasteiger partial charge in [-0.05, 0) is 0 Å². The fourth-order valence-electron chi connectivity index (χ4n) is 0. The Bertz CT molecular complexity index is 267. The Balaban J connectivity index is -0.00000000253. The van der Waals surface area contributed by atoms with Crippen LogP contribution in [0.1, 0.15) is 11.4 Å². The van der Waals surface area contributed by atoms with E-state index in [-0.39, 0.29) is 203 Å². The molecular weight excluding hydrogens is 590 g/mol. The first-order chi connectivity index (χ1) is 8.66. The smallest absolute Gasteiger partial charge is 1.00 e. The second-order valence-corrected chi connectivity index (χ2v) is 1.41. The summed E-state index contributed by atoms with van der Waals surface area (Å²) in [7, 11) is 0. The van der Waals surface area contributed by atoms with Crippen LogP contribution in [0.4, 0.5) is 24.0 Å². The number of rotatable bonds is 0. The maximum absolute atomic E-state index is 8.56. The first-order valence-electron chi connectivity index (χ1n) is 3.26. The molecule has 28 heteroatoms. The summed E-state index contributed by atoms with van der Waals surface area (Å²) in [5.41, 5.74) is 0. The Labute approximate surface area is 305 Å². The number of carbonyl (C=O) groups is 5. The summed E-state index contributed by atoms with van der Waals surface area (Å²) < 4.78 is 0. The summed E-state index contributed by atoms with van der Waals surface area (Å²) in [6.45, 7) is 0. The monoisotopic (exact) mass is 628 g/mol. The van der Waals surface area contributed by atoms with Gasteiger partial charge in [0.1, 0.15) is 0 Å². The molecule has 0 fully saturated rings. The molecule has 0 radical (unpaired) electrons. The van der Waals surface area contributed by atoms with E-state index in [9.17, 15) is 0 Å². The molecule has 0 aliphatic rings. The van der Waals surface area contributed by atoms with E-state index in [1.54, 1.807) is 0 Å². The topological polar surface area (TPSA) is 477 Å². The van der Waals surface area contributed by atoms with Gasteiger partial charge in [-0.25, -0.2) is 24.0 Å². The van der Waals surface area contributed by atoms with Gasteiger partial charge in [0.2, 0.25) is 0 Å². The molecule has 0 aromatic carbocycles. The number of carboxylic acid groups (broad SMARTS) is 10. The summed E-state index contributed by atoms with van der Waals surface area (Å²) >= 11 is 0. The van der Waals surface area contributed by atoms with Crippen molar-refractivity contribution >= 4 is 190 Å². The SMILES string of the molecule is O.O.O.O.O.O.O=C(O)O.O=C(O)O.O=C(O)O.O=C(O)O.O=C(O)O.[AlH3].[AlH3].[AlH3].[Ca+2].[H-].[H-].[H-].[H-].[H-].[H-].[H-].[H-].[Mg+2].[Mg+2].[Mg+2]. The second kappa shape index (κ2) is 131. The fraction of sp³-hybridized carbons (Fsp3) is 0. The molecule has 0 saturated carbocycles. The molecule has 0 atom stereocenters.